The van der Waals surface area contributed by atoms with Crippen LogP contribution < -0.4 is 15.7 Å². The number of aryl methyl sites for hydroxylation is 1. The molecule has 1 aliphatic rings. The smallest absolute Gasteiger partial charge is 0.336 e. The predicted octanol–water partition coefficient (Wildman–Crippen LogP) is 4.18. The minimum absolute atomic E-state index is 0.0672. The third kappa shape index (κ3) is 7.53. The van der Waals surface area contributed by atoms with Gasteiger partial charge in [-0.25, -0.2) is 4.79 Å². The van der Waals surface area contributed by atoms with E-state index in [1.807, 2.05) is 39.9 Å². The average Bonchev–Trinajstić information content (AvgIpc) is 3.50. The molecule has 1 aromatic carbocycles. The number of carbonyl (C=O) groups is 1. The topological polar surface area (TPSA) is 99.2 Å². The Morgan fingerprint density at radius 1 is 1.24 bits per heavy atom. The van der Waals surface area contributed by atoms with Gasteiger partial charge in [-0.05, 0) is 37.5 Å². The van der Waals surface area contributed by atoms with Crippen LogP contribution in [0.15, 0.2) is 45.7 Å². The number of carbonyl (C=O) groups excluding carboxylic acids is 1. The Morgan fingerprint density at radius 3 is 3.03 bits per heavy atom. The molecule has 33 heavy (non-hydrogen) atoms. The maximum Gasteiger partial charge on any atom is 0.336 e. The van der Waals surface area contributed by atoms with Crippen LogP contribution in [0.3, 0.4) is 0 Å². The van der Waals surface area contributed by atoms with Gasteiger partial charge in [0.15, 0.2) is 0 Å². The fourth-order valence-electron chi connectivity index (χ4n) is 3.58. The van der Waals surface area contributed by atoms with E-state index in [1.54, 1.807) is 16.8 Å². The van der Waals surface area contributed by atoms with Gasteiger partial charge in [0.05, 0.1) is 19.3 Å². The first-order chi connectivity index (χ1) is 16.2. The molecule has 176 valence electrons. The second-order valence-corrected chi connectivity index (χ2v) is 10.8. The van der Waals surface area contributed by atoms with Crippen LogP contribution in [0.4, 0.5) is 0 Å². The summed E-state index contributed by atoms with van der Waals surface area (Å²) in [6, 6.07) is 8.56. The molecule has 0 aliphatic carbocycles. The maximum atomic E-state index is 12.0. The monoisotopic (exact) mass is 488 g/mol. The van der Waals surface area contributed by atoms with E-state index in [0.29, 0.717) is 37.4 Å². The fraction of sp³-hybridized carbons (Fsp3) is 0.478. The van der Waals surface area contributed by atoms with Crippen LogP contribution in [0.2, 0.25) is 0 Å². The Kier molecular flexibility index (Phi) is 8.71. The van der Waals surface area contributed by atoms with Crippen molar-refractivity contribution in [1.29, 1.82) is 0 Å². The number of nitrogens with zero attached hydrogens (tertiary/aromatic N) is 3. The van der Waals surface area contributed by atoms with E-state index in [0.717, 1.165) is 35.6 Å². The number of benzene rings is 1. The molecule has 1 atom stereocenters. The molecule has 1 N–H and O–H groups in total. The van der Waals surface area contributed by atoms with E-state index >= 15 is 0 Å². The minimum atomic E-state index is -0.379. The zero-order valence-corrected chi connectivity index (χ0v) is 20.0. The molecule has 1 amide bonds. The lowest BCUT2D eigenvalue weighted by Gasteiger charge is -2.07. The molecule has 4 rings (SSSR count). The summed E-state index contributed by atoms with van der Waals surface area (Å²) in [4.78, 5) is 23.4. The normalized spacial score (nSPS) is 15.7. The fourth-order valence-corrected chi connectivity index (χ4v) is 6.60. The van der Waals surface area contributed by atoms with Crippen molar-refractivity contribution in [3.05, 3.63) is 52.6 Å². The first kappa shape index (κ1) is 23.7. The Balaban J connectivity index is 1.10. The zero-order valence-electron chi connectivity index (χ0n) is 18.4. The molecule has 0 saturated carbocycles. The molecule has 0 radical (unpaired) electrons. The first-order valence-corrected chi connectivity index (χ1v) is 13.6. The second-order valence-electron chi connectivity index (χ2n) is 7.98. The number of unbranched alkanes of at least 4 members (excludes halogenated alkanes) is 1. The molecule has 0 bridgehead atoms. The summed E-state index contributed by atoms with van der Waals surface area (Å²) >= 11 is 0. The molecule has 8 nitrogen and oxygen atoms in total. The van der Waals surface area contributed by atoms with Gasteiger partial charge in [-0.1, -0.05) is 33.2 Å². The molecular formula is C23H28N4O4S2. The molecule has 1 unspecified atom stereocenters. The van der Waals surface area contributed by atoms with Crippen LogP contribution >= 0.6 is 21.6 Å². The number of hydrogen-bond donors (Lipinski definition) is 1. The Morgan fingerprint density at radius 2 is 2.15 bits per heavy atom. The third-order valence-corrected chi connectivity index (χ3v) is 8.36. The lowest BCUT2D eigenvalue weighted by atomic mass is 10.1. The van der Waals surface area contributed by atoms with Gasteiger partial charge in [-0.15, -0.1) is 5.10 Å². The van der Waals surface area contributed by atoms with Crippen molar-refractivity contribution in [3.8, 4) is 5.75 Å². The number of nitrogens with one attached hydrogen (secondary N) is 1. The van der Waals surface area contributed by atoms with Crippen molar-refractivity contribution in [1.82, 2.24) is 20.3 Å². The van der Waals surface area contributed by atoms with Gasteiger partial charge < -0.3 is 14.5 Å². The molecule has 3 heterocycles. The quantitative estimate of drug-likeness (QED) is 0.230. The maximum absolute atomic E-state index is 12.0. The van der Waals surface area contributed by atoms with Gasteiger partial charge in [0.25, 0.3) is 0 Å². The summed E-state index contributed by atoms with van der Waals surface area (Å²) in [6.45, 7) is 1.54. The van der Waals surface area contributed by atoms with Crippen LogP contribution in [-0.4, -0.2) is 38.5 Å². The summed E-state index contributed by atoms with van der Waals surface area (Å²) in [5.74, 6) is 1.98. The molecule has 0 spiro atoms. The van der Waals surface area contributed by atoms with Crippen LogP contribution in [0, 0.1) is 0 Å². The van der Waals surface area contributed by atoms with E-state index in [9.17, 15) is 9.59 Å². The molecule has 1 fully saturated rings. The summed E-state index contributed by atoms with van der Waals surface area (Å²) in [7, 11) is 3.96. The Bertz CT molecular complexity index is 1110. The zero-order chi connectivity index (χ0) is 22.9. The second kappa shape index (κ2) is 12.1. The van der Waals surface area contributed by atoms with Gasteiger partial charge in [0.2, 0.25) is 5.91 Å². The Hall–Kier alpha value is -2.46. The highest BCUT2D eigenvalue weighted by molar-refractivity contribution is 8.77. The van der Waals surface area contributed by atoms with Crippen molar-refractivity contribution in [2.75, 3.05) is 12.4 Å². The van der Waals surface area contributed by atoms with Gasteiger partial charge >= 0.3 is 5.63 Å². The molecule has 1 aliphatic heterocycles. The van der Waals surface area contributed by atoms with Crippen molar-refractivity contribution < 1.29 is 13.9 Å². The summed E-state index contributed by atoms with van der Waals surface area (Å²) in [6.07, 6.45) is 7.70. The van der Waals surface area contributed by atoms with Gasteiger partial charge in [0, 0.05) is 47.9 Å². The number of ether oxygens (including phenoxy) is 1. The highest BCUT2D eigenvalue weighted by Crippen LogP contribution is 2.39. The number of amides is 1. The lowest BCUT2D eigenvalue weighted by Crippen LogP contribution is -2.22. The number of hydrogen-bond acceptors (Lipinski definition) is 8. The van der Waals surface area contributed by atoms with Crippen LogP contribution in [-0.2, 0) is 17.9 Å². The molecule has 3 aromatic rings. The highest BCUT2D eigenvalue weighted by Gasteiger charge is 2.15. The third-order valence-electron chi connectivity index (χ3n) is 5.35. The highest BCUT2D eigenvalue weighted by atomic mass is 33.1. The summed E-state index contributed by atoms with van der Waals surface area (Å²) in [5, 5.41) is 12.8. The summed E-state index contributed by atoms with van der Waals surface area (Å²) in [5.41, 5.74) is 0.874. The van der Waals surface area contributed by atoms with Gasteiger partial charge in [-0.3, -0.25) is 9.48 Å². The first-order valence-electron chi connectivity index (χ1n) is 11.3. The number of fused-ring (bicyclic) bond motifs is 1. The average molecular weight is 489 g/mol. The lowest BCUT2D eigenvalue weighted by molar-refractivity contribution is -0.121. The number of rotatable bonds is 12. The largest absolute Gasteiger partial charge is 0.493 e. The molecule has 2 aromatic heterocycles. The molecule has 10 heteroatoms. The van der Waals surface area contributed by atoms with E-state index < -0.39 is 0 Å². The van der Waals surface area contributed by atoms with Gasteiger partial charge in [0.1, 0.15) is 17.0 Å². The summed E-state index contributed by atoms with van der Waals surface area (Å²) < 4.78 is 12.7. The molecular weight excluding hydrogens is 460 g/mol. The van der Waals surface area contributed by atoms with E-state index in [1.165, 1.54) is 24.7 Å². The van der Waals surface area contributed by atoms with Gasteiger partial charge in [-0.2, -0.15) is 0 Å². The Labute approximate surface area is 200 Å². The van der Waals surface area contributed by atoms with Crippen molar-refractivity contribution in [2.45, 2.75) is 56.9 Å². The van der Waals surface area contributed by atoms with Crippen LogP contribution in [0.5, 0.6) is 5.75 Å². The van der Waals surface area contributed by atoms with E-state index in [2.05, 4.69) is 15.6 Å². The van der Waals surface area contributed by atoms with Crippen LogP contribution in [0.1, 0.15) is 44.2 Å². The minimum Gasteiger partial charge on any atom is -0.493 e. The number of aromatic nitrogens is 3. The molecule has 1 saturated heterocycles. The standard InChI is InChI=1S/C23H28N4O4S2/c28-22(5-2-1-4-20-10-13-32-33-20)24-15-18-16-27(26-25-18)11-3-12-30-19-8-6-17-7-9-23(29)31-21(17)14-19/h6-9,14,16,20H,1-5,10-13,15H2,(H,24,28). The van der Waals surface area contributed by atoms with Crippen molar-refractivity contribution in [2.24, 2.45) is 0 Å². The SMILES string of the molecule is O=C(CCCCC1CCSS1)NCc1cn(CCCOc2ccc3ccc(=O)oc3c2)nn1. The predicted molar refractivity (Wildman–Crippen MR) is 131 cm³/mol. The van der Waals surface area contributed by atoms with E-state index in [-0.39, 0.29) is 11.5 Å². The van der Waals surface area contributed by atoms with Crippen molar-refractivity contribution in [3.63, 3.8) is 0 Å². The van der Waals surface area contributed by atoms with Crippen molar-refractivity contribution >= 4 is 38.5 Å². The van der Waals surface area contributed by atoms with E-state index in [4.69, 9.17) is 9.15 Å². The van der Waals surface area contributed by atoms with Crippen LogP contribution in [0.25, 0.3) is 11.0 Å².